The number of rotatable bonds is 5. The number of hydrogen-bond acceptors (Lipinski definition) is 4. The molecule has 1 fully saturated rings. The molecule has 120 valence electrons. The van der Waals surface area contributed by atoms with E-state index in [-0.39, 0.29) is 11.3 Å². The van der Waals surface area contributed by atoms with Crippen LogP contribution in [0.15, 0.2) is 42.7 Å². The van der Waals surface area contributed by atoms with Crippen LogP contribution in [0.4, 0.5) is 0 Å². The second-order valence-electron chi connectivity index (χ2n) is 5.57. The van der Waals surface area contributed by atoms with E-state index in [1.54, 1.807) is 25.1 Å². The van der Waals surface area contributed by atoms with Crippen molar-refractivity contribution in [3.8, 4) is 11.1 Å². The molecule has 0 bridgehead atoms. The number of nitrogens with zero attached hydrogens (tertiary/aromatic N) is 2. The minimum absolute atomic E-state index is 0.00246. The summed E-state index contributed by atoms with van der Waals surface area (Å²) in [6.45, 7) is 3.23. The van der Waals surface area contributed by atoms with Gasteiger partial charge < -0.3 is 9.64 Å². The Hall–Kier alpha value is -1.85. The van der Waals surface area contributed by atoms with E-state index in [0.29, 0.717) is 18.9 Å². The number of amides is 1. The van der Waals surface area contributed by atoms with Gasteiger partial charge in [0.15, 0.2) is 0 Å². The molecule has 0 N–H and O–H groups in total. The first-order valence-electron chi connectivity index (χ1n) is 7.61. The zero-order valence-electron chi connectivity index (χ0n) is 13.4. The van der Waals surface area contributed by atoms with E-state index in [2.05, 4.69) is 36.2 Å². The van der Waals surface area contributed by atoms with Crippen LogP contribution in [-0.2, 0) is 9.53 Å². The maximum Gasteiger partial charge on any atom is 0.233 e. The van der Waals surface area contributed by atoms with Crippen molar-refractivity contribution in [1.82, 2.24) is 9.88 Å². The first-order valence-corrected chi connectivity index (χ1v) is 8.66. The summed E-state index contributed by atoms with van der Waals surface area (Å²) in [7, 11) is 1.66. The van der Waals surface area contributed by atoms with Crippen LogP contribution < -0.4 is 0 Å². The monoisotopic (exact) mass is 328 g/mol. The van der Waals surface area contributed by atoms with Gasteiger partial charge in [0.2, 0.25) is 5.91 Å². The summed E-state index contributed by atoms with van der Waals surface area (Å²) in [5.74, 6) is 0.673. The highest BCUT2D eigenvalue weighted by Crippen LogP contribution is 2.42. The third-order valence-electron chi connectivity index (χ3n) is 3.98. The Labute approximate surface area is 140 Å². The fourth-order valence-corrected chi connectivity index (χ4v) is 3.98. The van der Waals surface area contributed by atoms with Crippen molar-refractivity contribution < 1.29 is 9.53 Å². The molecule has 0 radical (unpaired) electrons. The number of pyridine rings is 1. The molecule has 1 aromatic carbocycles. The van der Waals surface area contributed by atoms with Gasteiger partial charge in [-0.3, -0.25) is 9.78 Å². The van der Waals surface area contributed by atoms with Gasteiger partial charge in [0.05, 0.1) is 12.4 Å². The molecule has 0 saturated carbocycles. The molecular weight excluding hydrogens is 308 g/mol. The lowest BCUT2D eigenvalue weighted by atomic mass is 10.00. The van der Waals surface area contributed by atoms with Crippen molar-refractivity contribution in [2.75, 3.05) is 26.0 Å². The average molecular weight is 328 g/mol. The number of carbonyl (C=O) groups is 1. The average Bonchev–Trinajstić information content (AvgIpc) is 2.94. The van der Waals surface area contributed by atoms with E-state index in [4.69, 9.17) is 4.74 Å². The van der Waals surface area contributed by atoms with Gasteiger partial charge >= 0.3 is 0 Å². The fourth-order valence-electron chi connectivity index (χ4n) is 2.74. The molecule has 2 heterocycles. The van der Waals surface area contributed by atoms with E-state index >= 15 is 0 Å². The Kier molecular flexibility index (Phi) is 4.98. The number of thioether (sulfide) groups is 1. The Morgan fingerprint density at radius 1 is 1.30 bits per heavy atom. The lowest BCUT2D eigenvalue weighted by Gasteiger charge is -2.25. The number of aryl methyl sites for hydroxylation is 1. The zero-order chi connectivity index (χ0) is 16.2. The number of benzene rings is 1. The number of carbonyl (C=O) groups excluding carboxylic acids is 1. The third kappa shape index (κ3) is 3.41. The Morgan fingerprint density at radius 2 is 2.09 bits per heavy atom. The minimum Gasteiger partial charge on any atom is -0.383 e. The van der Waals surface area contributed by atoms with Gasteiger partial charge in [-0.25, -0.2) is 0 Å². The Balaban J connectivity index is 1.96. The van der Waals surface area contributed by atoms with E-state index in [1.807, 2.05) is 17.2 Å². The highest BCUT2D eigenvalue weighted by atomic mass is 32.2. The van der Waals surface area contributed by atoms with E-state index in [0.717, 1.165) is 16.7 Å². The van der Waals surface area contributed by atoms with Gasteiger partial charge in [0, 0.05) is 31.6 Å². The lowest BCUT2D eigenvalue weighted by molar-refractivity contribution is -0.128. The van der Waals surface area contributed by atoms with Crippen molar-refractivity contribution in [2.45, 2.75) is 12.3 Å². The Morgan fingerprint density at radius 3 is 2.83 bits per heavy atom. The number of ether oxygens (including phenoxy) is 1. The van der Waals surface area contributed by atoms with Gasteiger partial charge in [-0.1, -0.05) is 29.8 Å². The summed E-state index contributed by atoms with van der Waals surface area (Å²) in [4.78, 5) is 18.4. The zero-order valence-corrected chi connectivity index (χ0v) is 14.2. The summed E-state index contributed by atoms with van der Waals surface area (Å²) >= 11 is 1.65. The minimum atomic E-state index is 0.00246. The normalized spacial score (nSPS) is 17.7. The van der Waals surface area contributed by atoms with Crippen LogP contribution in [0.2, 0.25) is 0 Å². The van der Waals surface area contributed by atoms with Crippen molar-refractivity contribution in [1.29, 1.82) is 0 Å². The van der Waals surface area contributed by atoms with Gasteiger partial charge in [0.1, 0.15) is 5.37 Å². The number of methoxy groups -OCH3 is 1. The maximum atomic E-state index is 12.2. The van der Waals surface area contributed by atoms with Gasteiger partial charge in [-0.2, -0.15) is 0 Å². The second kappa shape index (κ2) is 7.15. The third-order valence-corrected chi connectivity index (χ3v) is 5.22. The largest absolute Gasteiger partial charge is 0.383 e. The van der Waals surface area contributed by atoms with Crippen molar-refractivity contribution in [3.05, 3.63) is 53.9 Å². The molecule has 0 spiro atoms. The summed E-state index contributed by atoms with van der Waals surface area (Å²) in [5, 5.41) is 0.00246. The summed E-state index contributed by atoms with van der Waals surface area (Å²) < 4.78 is 5.15. The maximum absolute atomic E-state index is 12.2. The summed E-state index contributed by atoms with van der Waals surface area (Å²) in [6, 6.07) is 10.5. The molecule has 0 aliphatic carbocycles. The molecule has 1 aliphatic heterocycles. The summed E-state index contributed by atoms with van der Waals surface area (Å²) in [5.41, 5.74) is 4.61. The van der Waals surface area contributed by atoms with Crippen LogP contribution in [0.25, 0.3) is 11.1 Å². The van der Waals surface area contributed by atoms with Gasteiger partial charge in [-0.05, 0) is 24.1 Å². The molecule has 1 amide bonds. The van der Waals surface area contributed by atoms with Gasteiger partial charge in [-0.15, -0.1) is 11.8 Å². The highest BCUT2D eigenvalue weighted by molar-refractivity contribution is 8.00. The highest BCUT2D eigenvalue weighted by Gasteiger charge is 2.34. The molecule has 5 heteroatoms. The van der Waals surface area contributed by atoms with Crippen LogP contribution in [0.5, 0.6) is 0 Å². The van der Waals surface area contributed by atoms with E-state index < -0.39 is 0 Å². The lowest BCUT2D eigenvalue weighted by Crippen LogP contribution is -2.31. The second-order valence-corrected chi connectivity index (χ2v) is 6.64. The quantitative estimate of drug-likeness (QED) is 0.845. The molecule has 1 aromatic heterocycles. The number of hydrogen-bond donors (Lipinski definition) is 0. The topological polar surface area (TPSA) is 42.4 Å². The van der Waals surface area contributed by atoms with Crippen molar-refractivity contribution in [2.24, 2.45) is 0 Å². The van der Waals surface area contributed by atoms with Crippen LogP contribution in [0.3, 0.4) is 0 Å². The molecule has 1 aliphatic rings. The van der Waals surface area contributed by atoms with Gasteiger partial charge in [0.25, 0.3) is 0 Å². The smallest absolute Gasteiger partial charge is 0.233 e. The first-order chi connectivity index (χ1) is 11.2. The van der Waals surface area contributed by atoms with Crippen LogP contribution in [0, 0.1) is 6.92 Å². The molecule has 3 rings (SSSR count). The SMILES string of the molecule is COCCN1C(=O)CSC1c1cnccc1-c1ccc(C)cc1. The number of aromatic nitrogens is 1. The fraction of sp³-hybridized carbons (Fsp3) is 0.333. The van der Waals surface area contributed by atoms with E-state index in [9.17, 15) is 4.79 Å². The predicted octanol–water partition coefficient (Wildman–Crippen LogP) is 3.28. The van der Waals surface area contributed by atoms with Crippen molar-refractivity contribution >= 4 is 17.7 Å². The first kappa shape index (κ1) is 16.0. The van der Waals surface area contributed by atoms with Crippen LogP contribution in [-0.4, -0.2) is 41.8 Å². The molecule has 1 unspecified atom stereocenters. The molecule has 23 heavy (non-hydrogen) atoms. The molecular formula is C18H20N2O2S. The summed E-state index contributed by atoms with van der Waals surface area (Å²) in [6.07, 6.45) is 3.69. The van der Waals surface area contributed by atoms with E-state index in [1.165, 1.54) is 5.56 Å². The van der Waals surface area contributed by atoms with Crippen molar-refractivity contribution in [3.63, 3.8) is 0 Å². The van der Waals surface area contributed by atoms with Crippen LogP contribution in [0.1, 0.15) is 16.5 Å². The molecule has 1 saturated heterocycles. The molecule has 4 nitrogen and oxygen atoms in total. The molecule has 1 atom stereocenters. The standard InChI is InChI=1S/C18H20N2O2S/c1-13-3-5-14(6-4-13)15-7-8-19-11-16(15)18-20(9-10-22-2)17(21)12-23-18/h3-8,11,18H,9-10,12H2,1-2H3. The predicted molar refractivity (Wildman–Crippen MR) is 93.2 cm³/mol. The van der Waals surface area contributed by atoms with Crippen LogP contribution >= 0.6 is 11.8 Å². The molecule has 2 aromatic rings. The Bertz CT molecular complexity index is 688.